The quantitative estimate of drug-likeness (QED) is 0.750. The second-order valence-electron chi connectivity index (χ2n) is 5.40. The zero-order chi connectivity index (χ0) is 15.4. The van der Waals surface area contributed by atoms with Crippen molar-refractivity contribution in [1.29, 1.82) is 0 Å². The highest BCUT2D eigenvalue weighted by Crippen LogP contribution is 2.40. The number of thioether (sulfide) groups is 1. The van der Waals surface area contributed by atoms with E-state index in [1.165, 1.54) is 0 Å². The number of rotatable bonds is 8. The van der Waals surface area contributed by atoms with Gasteiger partial charge in [0.05, 0.1) is 0 Å². The summed E-state index contributed by atoms with van der Waals surface area (Å²) in [4.78, 5) is 15.4. The highest BCUT2D eigenvalue weighted by Gasteiger charge is 2.30. The molecular weight excluding hydrogens is 298 g/mol. The van der Waals surface area contributed by atoms with Gasteiger partial charge in [-0.25, -0.2) is 0 Å². The average Bonchev–Trinajstić information content (AvgIpc) is 3.28. The number of aromatic nitrogens is 4. The molecule has 7 heteroatoms. The second-order valence-corrected chi connectivity index (χ2v) is 6.46. The summed E-state index contributed by atoms with van der Waals surface area (Å²) in [5.41, 5.74) is 6.34. The van der Waals surface area contributed by atoms with Gasteiger partial charge in [-0.2, -0.15) is 0 Å². The van der Waals surface area contributed by atoms with Crippen LogP contribution in [-0.2, 0) is 17.8 Å². The van der Waals surface area contributed by atoms with Gasteiger partial charge in [0.25, 0.3) is 0 Å². The fourth-order valence-corrected chi connectivity index (χ4v) is 3.21. The lowest BCUT2D eigenvalue weighted by Gasteiger charge is -2.08. The van der Waals surface area contributed by atoms with Crippen LogP contribution in [0.3, 0.4) is 0 Å². The highest BCUT2D eigenvalue weighted by molar-refractivity contribution is 7.99. The van der Waals surface area contributed by atoms with Gasteiger partial charge in [-0.1, -0.05) is 17.8 Å². The van der Waals surface area contributed by atoms with Gasteiger partial charge in [0.15, 0.2) is 5.16 Å². The normalized spacial score (nSPS) is 14.2. The Balaban J connectivity index is 1.63. The van der Waals surface area contributed by atoms with Gasteiger partial charge in [-0.15, -0.1) is 10.2 Å². The van der Waals surface area contributed by atoms with Crippen molar-refractivity contribution < 1.29 is 4.79 Å². The van der Waals surface area contributed by atoms with Gasteiger partial charge in [0.2, 0.25) is 5.91 Å². The summed E-state index contributed by atoms with van der Waals surface area (Å²) in [5.74, 6) is 2.10. The minimum Gasteiger partial charge on any atom is -0.370 e. The Morgan fingerprint density at radius 1 is 1.36 bits per heavy atom. The van der Waals surface area contributed by atoms with Gasteiger partial charge >= 0.3 is 0 Å². The number of aryl methyl sites for hydroxylation is 1. The lowest BCUT2D eigenvalue weighted by Crippen LogP contribution is -2.15. The number of pyridine rings is 1. The number of hydrogen-bond donors (Lipinski definition) is 1. The van der Waals surface area contributed by atoms with Crippen molar-refractivity contribution >= 4 is 17.7 Å². The van der Waals surface area contributed by atoms with Crippen LogP contribution in [-0.4, -0.2) is 31.4 Å². The van der Waals surface area contributed by atoms with E-state index < -0.39 is 0 Å². The first-order valence-electron chi connectivity index (χ1n) is 7.48. The van der Waals surface area contributed by atoms with Crippen LogP contribution < -0.4 is 5.73 Å². The summed E-state index contributed by atoms with van der Waals surface area (Å²) in [5, 5.41) is 9.47. The third-order valence-electron chi connectivity index (χ3n) is 3.59. The van der Waals surface area contributed by atoms with E-state index in [0.29, 0.717) is 18.9 Å². The number of nitrogens with two attached hydrogens (primary N) is 1. The van der Waals surface area contributed by atoms with Crippen LogP contribution >= 0.6 is 11.8 Å². The van der Waals surface area contributed by atoms with Gasteiger partial charge in [0.1, 0.15) is 5.82 Å². The van der Waals surface area contributed by atoms with E-state index in [2.05, 4.69) is 19.7 Å². The largest absolute Gasteiger partial charge is 0.370 e. The Hall–Kier alpha value is -1.89. The Kier molecular flexibility index (Phi) is 4.72. The summed E-state index contributed by atoms with van der Waals surface area (Å²) >= 11 is 1.66. The highest BCUT2D eigenvalue weighted by atomic mass is 32.2. The van der Waals surface area contributed by atoms with E-state index in [0.717, 1.165) is 41.7 Å². The zero-order valence-corrected chi connectivity index (χ0v) is 13.1. The first-order valence-corrected chi connectivity index (χ1v) is 8.46. The van der Waals surface area contributed by atoms with Crippen LogP contribution in [0.2, 0.25) is 0 Å². The van der Waals surface area contributed by atoms with Crippen LogP contribution in [0.4, 0.5) is 0 Å². The van der Waals surface area contributed by atoms with Crippen molar-refractivity contribution in [2.45, 2.75) is 43.3 Å². The number of carbonyl (C=O) groups excluding carboxylic acids is 1. The molecule has 0 radical (unpaired) electrons. The molecule has 1 saturated carbocycles. The molecule has 1 aliphatic rings. The SMILES string of the molecule is NC(=O)CCn1c(SCCc2ccccn2)nnc1C1CC1. The van der Waals surface area contributed by atoms with Crippen LogP contribution in [0.5, 0.6) is 0 Å². The third-order valence-corrected chi connectivity index (χ3v) is 4.55. The molecule has 2 aromatic rings. The number of hydrogen-bond acceptors (Lipinski definition) is 5. The molecule has 2 N–H and O–H groups in total. The van der Waals surface area contributed by atoms with Crippen molar-refractivity contribution in [1.82, 2.24) is 19.7 Å². The van der Waals surface area contributed by atoms with E-state index >= 15 is 0 Å². The molecule has 0 unspecified atom stereocenters. The van der Waals surface area contributed by atoms with Crippen LogP contribution in [0, 0.1) is 0 Å². The van der Waals surface area contributed by atoms with Crippen LogP contribution in [0.1, 0.15) is 36.7 Å². The molecule has 0 aromatic carbocycles. The van der Waals surface area contributed by atoms with Crippen molar-refractivity contribution in [3.63, 3.8) is 0 Å². The van der Waals surface area contributed by atoms with E-state index in [9.17, 15) is 4.79 Å². The Bertz CT molecular complexity index is 639. The van der Waals surface area contributed by atoms with Gasteiger partial charge < -0.3 is 10.3 Å². The molecule has 116 valence electrons. The van der Waals surface area contributed by atoms with Crippen molar-refractivity contribution in [3.05, 3.63) is 35.9 Å². The Labute approximate surface area is 133 Å². The molecular formula is C15H19N5OS. The molecule has 0 aliphatic heterocycles. The van der Waals surface area contributed by atoms with Gasteiger partial charge in [-0.3, -0.25) is 9.78 Å². The summed E-state index contributed by atoms with van der Waals surface area (Å²) in [6, 6.07) is 5.93. The van der Waals surface area contributed by atoms with E-state index in [1.54, 1.807) is 18.0 Å². The Morgan fingerprint density at radius 2 is 2.23 bits per heavy atom. The van der Waals surface area contributed by atoms with Crippen LogP contribution in [0.25, 0.3) is 0 Å². The van der Waals surface area contributed by atoms with E-state index in [-0.39, 0.29) is 5.91 Å². The molecule has 0 atom stereocenters. The van der Waals surface area contributed by atoms with Crippen molar-refractivity contribution in [2.24, 2.45) is 5.73 Å². The molecule has 6 nitrogen and oxygen atoms in total. The van der Waals surface area contributed by atoms with Crippen molar-refractivity contribution in [3.8, 4) is 0 Å². The minimum atomic E-state index is -0.292. The topological polar surface area (TPSA) is 86.7 Å². The first-order chi connectivity index (χ1) is 10.7. The van der Waals surface area contributed by atoms with Gasteiger partial charge in [-0.05, 0) is 31.4 Å². The fraction of sp³-hybridized carbons (Fsp3) is 0.467. The summed E-state index contributed by atoms with van der Waals surface area (Å²) in [6.45, 7) is 0.570. The van der Waals surface area contributed by atoms with E-state index in [1.807, 2.05) is 18.2 Å². The number of primary amides is 1. The Morgan fingerprint density at radius 3 is 2.91 bits per heavy atom. The van der Waals surface area contributed by atoms with Crippen molar-refractivity contribution in [2.75, 3.05) is 5.75 Å². The maximum Gasteiger partial charge on any atom is 0.219 e. The van der Waals surface area contributed by atoms with Gasteiger partial charge in [0, 0.05) is 36.5 Å². The predicted octanol–water partition coefficient (Wildman–Crippen LogP) is 1.76. The molecule has 0 saturated heterocycles. The van der Waals surface area contributed by atoms with E-state index in [4.69, 9.17) is 5.73 Å². The van der Waals surface area contributed by atoms with Crippen LogP contribution in [0.15, 0.2) is 29.6 Å². The molecule has 22 heavy (non-hydrogen) atoms. The standard InChI is InChI=1S/C15H19N5OS/c16-13(21)6-9-20-14(11-4-5-11)18-19-15(20)22-10-7-12-3-1-2-8-17-12/h1-3,8,11H,4-7,9-10H2,(H2,16,21). The lowest BCUT2D eigenvalue weighted by atomic mass is 10.3. The summed E-state index contributed by atoms with van der Waals surface area (Å²) in [6.07, 6.45) is 5.33. The lowest BCUT2D eigenvalue weighted by molar-refractivity contribution is -0.118. The zero-order valence-electron chi connectivity index (χ0n) is 12.3. The molecule has 1 fully saturated rings. The average molecular weight is 317 g/mol. The number of nitrogens with zero attached hydrogens (tertiary/aromatic N) is 4. The molecule has 3 rings (SSSR count). The maximum atomic E-state index is 11.1. The predicted molar refractivity (Wildman–Crippen MR) is 84.5 cm³/mol. The summed E-state index contributed by atoms with van der Waals surface area (Å²) in [7, 11) is 0. The number of carbonyl (C=O) groups is 1. The molecule has 0 bridgehead atoms. The number of amides is 1. The minimum absolute atomic E-state index is 0.292. The smallest absolute Gasteiger partial charge is 0.219 e. The maximum absolute atomic E-state index is 11.1. The third kappa shape index (κ3) is 3.85. The second kappa shape index (κ2) is 6.91. The molecule has 2 heterocycles. The molecule has 2 aromatic heterocycles. The monoisotopic (exact) mass is 317 g/mol. The first kappa shape index (κ1) is 15.0. The molecule has 1 aliphatic carbocycles. The fourth-order valence-electron chi connectivity index (χ4n) is 2.28. The summed E-state index contributed by atoms with van der Waals surface area (Å²) < 4.78 is 2.06. The molecule has 0 spiro atoms. The molecule has 1 amide bonds.